The van der Waals surface area contributed by atoms with E-state index < -0.39 is 24.2 Å². The third-order valence-electron chi connectivity index (χ3n) is 3.61. The third-order valence-corrected chi connectivity index (χ3v) is 3.61. The van der Waals surface area contributed by atoms with Gasteiger partial charge in [0.1, 0.15) is 5.75 Å². The predicted octanol–water partition coefficient (Wildman–Crippen LogP) is 3.27. The first kappa shape index (κ1) is 20.8. The molecule has 0 radical (unpaired) electrons. The van der Waals surface area contributed by atoms with Gasteiger partial charge < -0.3 is 15.2 Å². The highest BCUT2D eigenvalue weighted by Gasteiger charge is 2.38. The van der Waals surface area contributed by atoms with Gasteiger partial charge in [-0.15, -0.1) is 0 Å². The van der Waals surface area contributed by atoms with Crippen LogP contribution in [0, 0.1) is 0 Å². The van der Waals surface area contributed by atoms with Crippen LogP contribution in [0.4, 0.5) is 13.2 Å². The van der Waals surface area contributed by atoms with Crippen LogP contribution in [-0.2, 0) is 16.0 Å². The summed E-state index contributed by atoms with van der Waals surface area (Å²) in [6.07, 6.45) is -5.65. The van der Waals surface area contributed by atoms with Crippen molar-refractivity contribution in [2.24, 2.45) is 0 Å². The maximum Gasteiger partial charge on any atom is 0.471 e. The van der Waals surface area contributed by atoms with E-state index in [1.165, 1.54) is 0 Å². The zero-order valence-electron chi connectivity index (χ0n) is 14.3. The van der Waals surface area contributed by atoms with Crippen LogP contribution in [0.15, 0.2) is 18.2 Å². The summed E-state index contributed by atoms with van der Waals surface area (Å²) < 4.78 is 42.1. The number of aliphatic carboxylic acids is 1. The molecule has 0 heterocycles. The van der Waals surface area contributed by atoms with Crippen LogP contribution < -0.4 is 10.1 Å². The highest BCUT2D eigenvalue weighted by atomic mass is 19.4. The van der Waals surface area contributed by atoms with E-state index in [1.54, 1.807) is 30.4 Å². The zero-order valence-corrected chi connectivity index (χ0v) is 14.3. The molecule has 8 heteroatoms. The van der Waals surface area contributed by atoms with Gasteiger partial charge in [0.2, 0.25) is 0 Å². The fraction of sp³-hybridized carbons (Fsp3) is 0.529. The summed E-state index contributed by atoms with van der Waals surface area (Å²) >= 11 is 0. The molecule has 0 saturated carbocycles. The molecule has 1 amide bonds. The van der Waals surface area contributed by atoms with E-state index in [4.69, 9.17) is 9.84 Å². The van der Waals surface area contributed by atoms with E-state index in [0.717, 1.165) is 5.56 Å². The summed E-state index contributed by atoms with van der Waals surface area (Å²) in [5, 5.41) is 10.9. The van der Waals surface area contributed by atoms with Gasteiger partial charge in [-0.1, -0.05) is 32.9 Å². The number of carbonyl (C=O) groups is 2. The summed E-state index contributed by atoms with van der Waals surface area (Å²) in [4.78, 5) is 22.0. The van der Waals surface area contributed by atoms with Gasteiger partial charge in [0.25, 0.3) is 0 Å². The lowest BCUT2D eigenvalue weighted by Crippen LogP contribution is -2.37. The Kier molecular flexibility index (Phi) is 7.26. The first-order valence-electron chi connectivity index (χ1n) is 7.93. The molecule has 1 aromatic carbocycles. The van der Waals surface area contributed by atoms with Crippen molar-refractivity contribution in [3.63, 3.8) is 0 Å². The Morgan fingerprint density at radius 2 is 1.92 bits per heavy atom. The topological polar surface area (TPSA) is 75.6 Å². The number of benzene rings is 1. The number of halogens is 3. The van der Waals surface area contributed by atoms with Crippen LogP contribution in [-0.4, -0.2) is 35.8 Å². The predicted molar refractivity (Wildman–Crippen MR) is 85.6 cm³/mol. The first-order valence-corrected chi connectivity index (χ1v) is 7.93. The van der Waals surface area contributed by atoms with Crippen molar-refractivity contribution in [2.75, 3.05) is 6.54 Å². The summed E-state index contributed by atoms with van der Waals surface area (Å²) in [7, 11) is 0. The van der Waals surface area contributed by atoms with Gasteiger partial charge in [-0.2, -0.15) is 13.2 Å². The number of nitrogens with one attached hydrogen (secondary N) is 1. The maximum absolute atomic E-state index is 12.2. The van der Waals surface area contributed by atoms with Crippen LogP contribution in [0.25, 0.3) is 0 Å². The van der Waals surface area contributed by atoms with Crippen molar-refractivity contribution in [1.29, 1.82) is 0 Å². The number of hydrogen-bond donors (Lipinski definition) is 2. The molecule has 0 aliphatic carbocycles. The lowest BCUT2D eigenvalue weighted by molar-refractivity contribution is -0.173. The average Bonchev–Trinajstić information content (AvgIpc) is 2.51. The van der Waals surface area contributed by atoms with Crippen molar-refractivity contribution in [3.05, 3.63) is 29.3 Å². The minimum Gasteiger partial charge on any atom is -0.479 e. The Bertz CT molecular complexity index is 614. The fourth-order valence-corrected chi connectivity index (χ4v) is 2.12. The summed E-state index contributed by atoms with van der Waals surface area (Å²) in [6.45, 7) is 5.33. The summed E-state index contributed by atoms with van der Waals surface area (Å²) in [5.74, 6) is -2.65. The monoisotopic (exact) mass is 361 g/mol. The number of ether oxygens (including phenoxy) is 1. The van der Waals surface area contributed by atoms with Crippen LogP contribution in [0.3, 0.4) is 0 Å². The quantitative estimate of drug-likeness (QED) is 0.745. The molecule has 1 unspecified atom stereocenters. The van der Waals surface area contributed by atoms with Crippen molar-refractivity contribution in [1.82, 2.24) is 5.32 Å². The molecule has 140 valence electrons. The molecule has 0 saturated heterocycles. The second-order valence-electron chi connectivity index (χ2n) is 5.88. The lowest BCUT2D eigenvalue weighted by Gasteiger charge is -2.19. The van der Waals surface area contributed by atoms with Crippen LogP contribution in [0.1, 0.15) is 44.2 Å². The van der Waals surface area contributed by atoms with Gasteiger partial charge in [-0.05, 0) is 36.0 Å². The van der Waals surface area contributed by atoms with Gasteiger partial charge in [0.15, 0.2) is 6.10 Å². The van der Waals surface area contributed by atoms with E-state index in [1.807, 2.05) is 13.8 Å². The molecule has 2 N–H and O–H groups in total. The molecule has 25 heavy (non-hydrogen) atoms. The Morgan fingerprint density at radius 1 is 1.28 bits per heavy atom. The van der Waals surface area contributed by atoms with E-state index in [0.29, 0.717) is 11.3 Å². The van der Waals surface area contributed by atoms with E-state index >= 15 is 0 Å². The Labute approximate surface area is 144 Å². The first-order chi connectivity index (χ1) is 11.6. The molecule has 5 nitrogen and oxygen atoms in total. The second kappa shape index (κ2) is 8.73. The van der Waals surface area contributed by atoms with Crippen molar-refractivity contribution in [2.45, 2.75) is 51.8 Å². The Morgan fingerprint density at radius 3 is 2.40 bits per heavy atom. The van der Waals surface area contributed by atoms with E-state index in [9.17, 15) is 22.8 Å². The van der Waals surface area contributed by atoms with Crippen LogP contribution in [0.5, 0.6) is 5.75 Å². The molecule has 0 aromatic heterocycles. The molecule has 0 spiro atoms. The number of alkyl halides is 3. The highest BCUT2D eigenvalue weighted by molar-refractivity contribution is 5.81. The molecule has 1 aromatic rings. The molecular formula is C17H22F3NO4. The summed E-state index contributed by atoms with van der Waals surface area (Å²) in [6, 6.07) is 5.18. The van der Waals surface area contributed by atoms with Crippen molar-refractivity contribution in [3.8, 4) is 5.75 Å². The normalized spacial score (nSPS) is 12.8. The molecule has 0 aliphatic heterocycles. The lowest BCUT2D eigenvalue weighted by atomic mass is 9.99. The second-order valence-corrected chi connectivity index (χ2v) is 5.88. The largest absolute Gasteiger partial charge is 0.479 e. The van der Waals surface area contributed by atoms with Gasteiger partial charge in [-0.25, -0.2) is 4.79 Å². The number of hydrogen-bond acceptors (Lipinski definition) is 3. The Hall–Kier alpha value is -2.25. The molecule has 1 atom stereocenters. The zero-order chi connectivity index (χ0) is 19.2. The highest BCUT2D eigenvalue weighted by Crippen LogP contribution is 2.27. The average molecular weight is 361 g/mol. The van der Waals surface area contributed by atoms with E-state index in [-0.39, 0.29) is 25.3 Å². The van der Waals surface area contributed by atoms with Crippen LogP contribution in [0.2, 0.25) is 0 Å². The van der Waals surface area contributed by atoms with Gasteiger partial charge in [0, 0.05) is 6.54 Å². The van der Waals surface area contributed by atoms with Gasteiger partial charge >= 0.3 is 18.1 Å². The number of carboxylic acid groups (broad SMARTS) is 1. The third kappa shape index (κ3) is 6.28. The molecule has 1 rings (SSSR count). The Balaban J connectivity index is 2.93. The van der Waals surface area contributed by atoms with E-state index in [2.05, 4.69) is 0 Å². The summed E-state index contributed by atoms with van der Waals surface area (Å²) in [5.41, 5.74) is 1.45. The SMILES string of the molecule is CCC(Oc1cc(C(C)C)ccc1CCNC(=O)C(F)(F)F)C(=O)O. The minimum atomic E-state index is -4.93. The molecule has 0 aliphatic rings. The molecule has 0 bridgehead atoms. The van der Waals surface area contributed by atoms with Crippen molar-refractivity contribution >= 4 is 11.9 Å². The number of rotatable bonds is 8. The molecule has 0 fully saturated rings. The van der Waals surface area contributed by atoms with Crippen LogP contribution >= 0.6 is 0 Å². The van der Waals surface area contributed by atoms with Gasteiger partial charge in [-0.3, -0.25) is 4.79 Å². The van der Waals surface area contributed by atoms with Crippen molar-refractivity contribution < 1.29 is 32.6 Å². The standard InChI is InChI=1S/C17H22F3NO4/c1-4-13(15(22)23)25-14-9-12(10(2)3)6-5-11(14)7-8-21-16(24)17(18,19)20/h5-6,9-10,13H,4,7-8H2,1-3H3,(H,21,24)(H,22,23). The maximum atomic E-state index is 12.2. The number of carbonyl (C=O) groups excluding carboxylic acids is 1. The number of carboxylic acids is 1. The molecular weight excluding hydrogens is 339 g/mol. The fourth-order valence-electron chi connectivity index (χ4n) is 2.12. The number of amides is 1. The van der Waals surface area contributed by atoms with Gasteiger partial charge in [0.05, 0.1) is 0 Å². The smallest absolute Gasteiger partial charge is 0.471 e. The minimum absolute atomic E-state index is 0.0889.